The molecule has 1 heterocycles. The molecule has 0 fully saturated rings. The molecule has 22 heavy (non-hydrogen) atoms. The number of nitrogen functional groups attached to an aromatic ring is 2. The van der Waals surface area contributed by atoms with Crippen molar-refractivity contribution in [3.8, 4) is 17.0 Å². The topological polar surface area (TPSA) is 123 Å². The number of nitrogens with two attached hydrogens (primary N) is 2. The summed E-state index contributed by atoms with van der Waals surface area (Å²) in [6.07, 6.45) is 0.679. The van der Waals surface area contributed by atoms with E-state index in [4.69, 9.17) is 20.9 Å². The lowest BCUT2D eigenvalue weighted by Gasteiger charge is -2.08. The zero-order valence-electron chi connectivity index (χ0n) is 12.0. The number of carbonyl (C=O) groups is 1. The predicted octanol–water partition coefficient (Wildman–Crippen LogP) is 1.82. The molecule has 0 bridgehead atoms. The van der Waals surface area contributed by atoms with Gasteiger partial charge in [-0.15, -0.1) is 0 Å². The van der Waals surface area contributed by atoms with Gasteiger partial charge in [-0.25, -0.2) is 14.8 Å². The standard InChI is InChI=1S/C14H16N4O4/c1-2-20-14(19)22-8-21-10-5-3-9(4-6-10)12-11(15)7-17-13(16)18-12/h3-7H,2,8,15H2,1H3,(H2,16,17,18). The summed E-state index contributed by atoms with van der Waals surface area (Å²) in [6.45, 7) is 1.70. The zero-order chi connectivity index (χ0) is 15.9. The van der Waals surface area contributed by atoms with E-state index in [0.717, 1.165) is 5.56 Å². The fourth-order valence-corrected chi connectivity index (χ4v) is 1.65. The predicted molar refractivity (Wildman–Crippen MR) is 79.9 cm³/mol. The van der Waals surface area contributed by atoms with E-state index in [9.17, 15) is 4.79 Å². The maximum Gasteiger partial charge on any atom is 0.511 e. The van der Waals surface area contributed by atoms with Crippen LogP contribution in [0, 0.1) is 0 Å². The molecule has 0 unspecified atom stereocenters. The maximum atomic E-state index is 11.0. The first-order chi connectivity index (χ1) is 10.6. The number of carbonyl (C=O) groups excluding carboxylic acids is 1. The molecule has 0 atom stereocenters. The van der Waals surface area contributed by atoms with Crippen molar-refractivity contribution in [1.29, 1.82) is 0 Å². The number of hydrogen-bond donors (Lipinski definition) is 2. The first kappa shape index (κ1) is 15.4. The van der Waals surface area contributed by atoms with Crippen LogP contribution in [-0.4, -0.2) is 29.5 Å². The molecule has 0 aliphatic heterocycles. The Labute approximate surface area is 127 Å². The van der Waals surface area contributed by atoms with Gasteiger partial charge < -0.3 is 25.7 Å². The van der Waals surface area contributed by atoms with Gasteiger partial charge in [0.15, 0.2) is 0 Å². The van der Waals surface area contributed by atoms with Gasteiger partial charge >= 0.3 is 6.16 Å². The van der Waals surface area contributed by atoms with Crippen molar-refractivity contribution in [1.82, 2.24) is 9.97 Å². The SMILES string of the molecule is CCOC(=O)OCOc1ccc(-c2nc(N)ncc2N)cc1. The highest BCUT2D eigenvalue weighted by molar-refractivity contribution is 5.72. The number of aromatic nitrogens is 2. The van der Waals surface area contributed by atoms with Crippen LogP contribution in [0.1, 0.15) is 6.92 Å². The fourth-order valence-electron chi connectivity index (χ4n) is 1.65. The second-order valence-electron chi connectivity index (χ2n) is 4.15. The molecule has 0 amide bonds. The molecule has 0 saturated heterocycles. The minimum Gasteiger partial charge on any atom is -0.457 e. The smallest absolute Gasteiger partial charge is 0.457 e. The minimum absolute atomic E-state index is 0.146. The molecule has 8 heteroatoms. The van der Waals surface area contributed by atoms with Gasteiger partial charge in [0.25, 0.3) is 0 Å². The number of rotatable bonds is 5. The number of ether oxygens (including phenoxy) is 3. The van der Waals surface area contributed by atoms with Crippen molar-refractivity contribution in [2.45, 2.75) is 6.92 Å². The molecule has 0 aliphatic rings. The van der Waals surface area contributed by atoms with Gasteiger partial charge in [-0.05, 0) is 31.2 Å². The Kier molecular flexibility index (Phi) is 4.97. The van der Waals surface area contributed by atoms with Gasteiger partial charge in [0.2, 0.25) is 12.7 Å². The average molecular weight is 304 g/mol. The van der Waals surface area contributed by atoms with Gasteiger partial charge in [-0.2, -0.15) is 0 Å². The molecule has 116 valence electrons. The van der Waals surface area contributed by atoms with Crippen molar-refractivity contribution in [3.05, 3.63) is 30.5 Å². The maximum absolute atomic E-state index is 11.0. The van der Waals surface area contributed by atoms with Crippen LogP contribution in [0.2, 0.25) is 0 Å². The van der Waals surface area contributed by atoms with E-state index in [1.54, 1.807) is 31.2 Å². The number of hydrogen-bond acceptors (Lipinski definition) is 8. The van der Waals surface area contributed by atoms with E-state index >= 15 is 0 Å². The van der Waals surface area contributed by atoms with Gasteiger partial charge in [0.1, 0.15) is 5.75 Å². The highest BCUT2D eigenvalue weighted by atomic mass is 16.8. The lowest BCUT2D eigenvalue weighted by atomic mass is 10.1. The lowest BCUT2D eigenvalue weighted by Crippen LogP contribution is -2.11. The molecule has 2 aromatic rings. The third-order valence-corrected chi connectivity index (χ3v) is 2.63. The molecule has 1 aromatic carbocycles. The van der Waals surface area contributed by atoms with E-state index < -0.39 is 6.16 Å². The Hall–Kier alpha value is -3.03. The largest absolute Gasteiger partial charge is 0.511 e. The minimum atomic E-state index is -0.775. The molecule has 0 aliphatic carbocycles. The molecule has 0 saturated carbocycles. The highest BCUT2D eigenvalue weighted by Gasteiger charge is 2.07. The van der Waals surface area contributed by atoms with Crippen LogP contribution >= 0.6 is 0 Å². The zero-order valence-corrected chi connectivity index (χ0v) is 12.0. The first-order valence-electron chi connectivity index (χ1n) is 6.51. The Bertz CT molecular complexity index is 646. The van der Waals surface area contributed by atoms with Crippen LogP contribution in [0.3, 0.4) is 0 Å². The number of benzene rings is 1. The van der Waals surface area contributed by atoms with Crippen LogP contribution in [0.15, 0.2) is 30.5 Å². The van der Waals surface area contributed by atoms with Crippen LogP contribution in [0.25, 0.3) is 11.3 Å². The van der Waals surface area contributed by atoms with Crippen LogP contribution < -0.4 is 16.2 Å². The molecule has 2 rings (SSSR count). The Morgan fingerprint density at radius 2 is 1.91 bits per heavy atom. The van der Waals surface area contributed by atoms with Crippen molar-refractivity contribution >= 4 is 17.8 Å². The van der Waals surface area contributed by atoms with Crippen molar-refractivity contribution in [3.63, 3.8) is 0 Å². The molecule has 4 N–H and O–H groups in total. The summed E-state index contributed by atoms with van der Waals surface area (Å²) in [5.74, 6) is 0.668. The second kappa shape index (κ2) is 7.11. The first-order valence-corrected chi connectivity index (χ1v) is 6.51. The fraction of sp³-hybridized carbons (Fsp3) is 0.214. The summed E-state index contributed by atoms with van der Waals surface area (Å²) >= 11 is 0. The summed E-state index contributed by atoms with van der Waals surface area (Å²) in [4.78, 5) is 18.9. The summed E-state index contributed by atoms with van der Waals surface area (Å²) in [6, 6.07) is 6.92. The summed E-state index contributed by atoms with van der Waals surface area (Å²) in [7, 11) is 0. The monoisotopic (exact) mass is 304 g/mol. The van der Waals surface area contributed by atoms with Gasteiger partial charge in [0, 0.05) is 5.56 Å². The molecule has 0 spiro atoms. The Morgan fingerprint density at radius 3 is 2.59 bits per heavy atom. The van der Waals surface area contributed by atoms with Crippen LogP contribution in [0.5, 0.6) is 5.75 Å². The van der Waals surface area contributed by atoms with Crippen molar-refractivity contribution in [2.24, 2.45) is 0 Å². The quantitative estimate of drug-likeness (QED) is 0.633. The second-order valence-corrected chi connectivity index (χ2v) is 4.15. The van der Waals surface area contributed by atoms with Crippen molar-refractivity contribution < 1.29 is 19.0 Å². The number of anilines is 2. The molecular weight excluding hydrogens is 288 g/mol. The third-order valence-electron chi connectivity index (χ3n) is 2.63. The highest BCUT2D eigenvalue weighted by Crippen LogP contribution is 2.25. The van der Waals surface area contributed by atoms with E-state index in [-0.39, 0.29) is 19.3 Å². The van der Waals surface area contributed by atoms with Crippen LogP contribution in [-0.2, 0) is 9.47 Å². The van der Waals surface area contributed by atoms with Gasteiger partial charge in [-0.1, -0.05) is 0 Å². The van der Waals surface area contributed by atoms with E-state index in [1.807, 2.05) is 0 Å². The van der Waals surface area contributed by atoms with E-state index in [2.05, 4.69) is 14.7 Å². The van der Waals surface area contributed by atoms with Gasteiger partial charge in [0.05, 0.1) is 24.2 Å². The van der Waals surface area contributed by atoms with Crippen molar-refractivity contribution in [2.75, 3.05) is 24.9 Å². The summed E-state index contributed by atoms with van der Waals surface area (Å²) < 4.78 is 14.6. The average Bonchev–Trinajstić information content (AvgIpc) is 2.51. The summed E-state index contributed by atoms with van der Waals surface area (Å²) in [5.41, 5.74) is 13.1. The van der Waals surface area contributed by atoms with E-state index in [1.165, 1.54) is 6.20 Å². The summed E-state index contributed by atoms with van der Waals surface area (Å²) in [5, 5.41) is 0. The Morgan fingerprint density at radius 1 is 1.18 bits per heavy atom. The molecule has 0 radical (unpaired) electrons. The molecule has 8 nitrogen and oxygen atoms in total. The van der Waals surface area contributed by atoms with E-state index in [0.29, 0.717) is 17.1 Å². The number of nitrogens with zero attached hydrogens (tertiary/aromatic N) is 2. The lowest BCUT2D eigenvalue weighted by molar-refractivity contribution is 0.00689. The normalized spacial score (nSPS) is 10.0. The third kappa shape index (κ3) is 3.98. The van der Waals surface area contributed by atoms with Gasteiger partial charge in [-0.3, -0.25) is 0 Å². The van der Waals surface area contributed by atoms with Crippen LogP contribution in [0.4, 0.5) is 16.4 Å². The molecule has 1 aromatic heterocycles. The Balaban J connectivity index is 1.98. The molecular formula is C14H16N4O4.